The van der Waals surface area contributed by atoms with E-state index in [1.807, 2.05) is 0 Å². The highest BCUT2D eigenvalue weighted by atomic mass is 16.3. The molecule has 2 atom stereocenters. The van der Waals surface area contributed by atoms with E-state index in [1.54, 1.807) is 27.8 Å². The van der Waals surface area contributed by atoms with Crippen molar-refractivity contribution in [1.82, 2.24) is 14.7 Å². The predicted octanol–water partition coefficient (Wildman–Crippen LogP) is 0.134. The number of hydrogen-bond acceptors (Lipinski definition) is 5. The lowest BCUT2D eigenvalue weighted by Gasteiger charge is -2.41. The average molecular weight is 296 g/mol. The van der Waals surface area contributed by atoms with Crippen molar-refractivity contribution in [3.05, 3.63) is 0 Å². The van der Waals surface area contributed by atoms with Crippen LogP contribution in [0.4, 0.5) is 0 Å². The molecule has 1 fully saturated rings. The molecular weight excluding hydrogens is 268 g/mol. The third-order valence-corrected chi connectivity index (χ3v) is 4.19. The van der Waals surface area contributed by atoms with Crippen LogP contribution >= 0.6 is 0 Å². The summed E-state index contributed by atoms with van der Waals surface area (Å²) in [5, 5.41) is 18.6. The van der Waals surface area contributed by atoms with Crippen LogP contribution in [0.2, 0.25) is 0 Å². The van der Waals surface area contributed by atoms with Gasteiger partial charge in [-0.2, -0.15) is 5.26 Å². The number of nitriles is 1. The van der Waals surface area contributed by atoms with Crippen molar-refractivity contribution < 1.29 is 9.90 Å². The maximum Gasteiger partial charge on any atom is 0.237 e. The Morgan fingerprint density at radius 3 is 2.62 bits per heavy atom. The van der Waals surface area contributed by atoms with Gasteiger partial charge in [0.2, 0.25) is 5.91 Å². The van der Waals surface area contributed by atoms with E-state index in [1.165, 1.54) is 4.90 Å². The molecule has 2 unspecified atom stereocenters. The van der Waals surface area contributed by atoms with Crippen molar-refractivity contribution in [3.63, 3.8) is 0 Å². The van der Waals surface area contributed by atoms with Crippen LogP contribution in [0.1, 0.15) is 27.7 Å². The summed E-state index contributed by atoms with van der Waals surface area (Å²) in [5.41, 5.74) is -0.781. The molecule has 0 bridgehead atoms. The van der Waals surface area contributed by atoms with Gasteiger partial charge in [0.1, 0.15) is 5.54 Å². The van der Waals surface area contributed by atoms with E-state index in [0.29, 0.717) is 19.1 Å². The maximum absolute atomic E-state index is 12.3. The lowest BCUT2D eigenvalue weighted by Crippen LogP contribution is -2.56. The third kappa shape index (κ3) is 4.95. The first-order valence-electron chi connectivity index (χ1n) is 7.49. The van der Waals surface area contributed by atoms with E-state index < -0.39 is 5.54 Å². The normalized spacial score (nSPS) is 22.6. The number of aliphatic hydroxyl groups is 1. The van der Waals surface area contributed by atoms with Crippen molar-refractivity contribution in [1.29, 1.82) is 5.26 Å². The molecule has 1 aliphatic heterocycles. The minimum Gasteiger partial charge on any atom is -0.392 e. The van der Waals surface area contributed by atoms with Crippen molar-refractivity contribution in [2.24, 2.45) is 0 Å². The summed E-state index contributed by atoms with van der Waals surface area (Å²) in [7, 11) is 1.68. The summed E-state index contributed by atoms with van der Waals surface area (Å²) in [6, 6.07) is 2.46. The molecule has 1 saturated heterocycles. The second kappa shape index (κ2) is 7.21. The number of carbonyl (C=O) groups excluding carboxylic acids is 1. The Balaban J connectivity index is 2.52. The second-order valence-corrected chi connectivity index (χ2v) is 6.55. The number of rotatable bonds is 5. The van der Waals surface area contributed by atoms with Crippen LogP contribution < -0.4 is 0 Å². The fourth-order valence-corrected chi connectivity index (χ4v) is 2.51. The van der Waals surface area contributed by atoms with E-state index in [0.717, 1.165) is 19.6 Å². The van der Waals surface area contributed by atoms with Gasteiger partial charge in [-0.1, -0.05) is 0 Å². The van der Waals surface area contributed by atoms with Crippen molar-refractivity contribution in [2.45, 2.75) is 45.4 Å². The summed E-state index contributed by atoms with van der Waals surface area (Å²) in [6.07, 6.45) is -0.330. The summed E-state index contributed by atoms with van der Waals surface area (Å²) in [4.78, 5) is 18.1. The Bertz CT molecular complexity index is 403. The number of nitrogens with zero attached hydrogens (tertiary/aromatic N) is 4. The Kier molecular flexibility index (Phi) is 6.14. The van der Waals surface area contributed by atoms with Crippen LogP contribution in [-0.2, 0) is 4.79 Å². The van der Waals surface area contributed by atoms with Gasteiger partial charge in [0.05, 0.1) is 18.7 Å². The quantitative estimate of drug-likeness (QED) is 0.781. The smallest absolute Gasteiger partial charge is 0.237 e. The molecule has 0 aromatic rings. The second-order valence-electron chi connectivity index (χ2n) is 6.55. The summed E-state index contributed by atoms with van der Waals surface area (Å²) >= 11 is 0. The van der Waals surface area contributed by atoms with Crippen molar-refractivity contribution >= 4 is 5.91 Å². The largest absolute Gasteiger partial charge is 0.392 e. The highest BCUT2D eigenvalue weighted by Gasteiger charge is 2.30. The fourth-order valence-electron chi connectivity index (χ4n) is 2.51. The van der Waals surface area contributed by atoms with E-state index >= 15 is 0 Å². The van der Waals surface area contributed by atoms with Crippen LogP contribution in [0.15, 0.2) is 0 Å². The number of likely N-dealkylation sites (N-methyl/N-ethyl adjacent to an activating group) is 1. The first-order chi connectivity index (χ1) is 9.67. The number of aliphatic hydroxyl groups excluding tert-OH is 1. The van der Waals surface area contributed by atoms with Gasteiger partial charge < -0.3 is 10.0 Å². The first-order valence-corrected chi connectivity index (χ1v) is 7.49. The molecule has 1 amide bonds. The SMILES string of the molecule is CC(O)CN1CCN(CC(=O)N(C)C(C)(C)C#N)CC1C. The average Bonchev–Trinajstić information content (AvgIpc) is 2.40. The molecule has 6 heteroatoms. The predicted molar refractivity (Wildman–Crippen MR) is 81.6 cm³/mol. The first kappa shape index (κ1) is 17.9. The molecule has 1 N–H and O–H groups in total. The monoisotopic (exact) mass is 296 g/mol. The molecular formula is C15H28N4O2. The van der Waals surface area contributed by atoms with Crippen LogP contribution in [0.5, 0.6) is 0 Å². The van der Waals surface area contributed by atoms with Gasteiger partial charge in [-0.3, -0.25) is 14.6 Å². The minimum absolute atomic E-state index is 0.0299. The molecule has 1 rings (SSSR count). The minimum atomic E-state index is -0.781. The molecule has 1 aliphatic rings. The number of piperazine rings is 1. The van der Waals surface area contributed by atoms with Crippen LogP contribution in [0.25, 0.3) is 0 Å². The number of amides is 1. The molecule has 0 aromatic carbocycles. The highest BCUT2D eigenvalue weighted by Crippen LogP contribution is 2.13. The summed E-state index contributed by atoms with van der Waals surface area (Å²) in [5.74, 6) is -0.0299. The van der Waals surface area contributed by atoms with Gasteiger partial charge in [-0.05, 0) is 27.7 Å². The third-order valence-electron chi connectivity index (χ3n) is 4.19. The van der Waals surface area contributed by atoms with Gasteiger partial charge in [0, 0.05) is 39.3 Å². The summed E-state index contributed by atoms with van der Waals surface area (Å²) in [6.45, 7) is 10.9. The van der Waals surface area contributed by atoms with E-state index in [9.17, 15) is 9.90 Å². The van der Waals surface area contributed by atoms with Gasteiger partial charge in [0.25, 0.3) is 0 Å². The number of β-amino-alcohol motifs (C(OH)–C–C–N with tert-alkyl or cyclic N) is 1. The molecule has 6 nitrogen and oxygen atoms in total. The zero-order chi connectivity index (χ0) is 16.2. The lowest BCUT2D eigenvalue weighted by atomic mass is 10.1. The van der Waals surface area contributed by atoms with Gasteiger partial charge in [-0.25, -0.2) is 0 Å². The van der Waals surface area contributed by atoms with Gasteiger partial charge >= 0.3 is 0 Å². The molecule has 1 heterocycles. The molecule has 21 heavy (non-hydrogen) atoms. The Morgan fingerprint density at radius 2 is 2.14 bits per heavy atom. The van der Waals surface area contributed by atoms with Crippen LogP contribution in [-0.4, -0.2) is 83.2 Å². The Labute approximate surface area is 127 Å². The molecule has 120 valence electrons. The fraction of sp³-hybridized carbons (Fsp3) is 0.867. The molecule has 0 aliphatic carbocycles. The number of carbonyl (C=O) groups is 1. The van der Waals surface area contributed by atoms with E-state index in [4.69, 9.17) is 5.26 Å². The lowest BCUT2D eigenvalue weighted by molar-refractivity contribution is -0.135. The van der Waals surface area contributed by atoms with E-state index in [-0.39, 0.29) is 12.0 Å². The molecule has 0 aromatic heterocycles. The van der Waals surface area contributed by atoms with Crippen LogP contribution in [0, 0.1) is 11.3 Å². The van der Waals surface area contributed by atoms with E-state index in [2.05, 4.69) is 22.8 Å². The highest BCUT2D eigenvalue weighted by molar-refractivity contribution is 5.79. The molecule has 0 radical (unpaired) electrons. The topological polar surface area (TPSA) is 70.8 Å². The number of hydrogen-bond donors (Lipinski definition) is 1. The Hall–Kier alpha value is -1.16. The molecule has 0 saturated carbocycles. The maximum atomic E-state index is 12.3. The van der Waals surface area contributed by atoms with Gasteiger partial charge in [-0.15, -0.1) is 0 Å². The summed E-state index contributed by atoms with van der Waals surface area (Å²) < 4.78 is 0. The molecule has 0 spiro atoms. The van der Waals surface area contributed by atoms with Gasteiger partial charge in [0.15, 0.2) is 0 Å². The van der Waals surface area contributed by atoms with Crippen LogP contribution in [0.3, 0.4) is 0 Å². The zero-order valence-corrected chi connectivity index (χ0v) is 13.8. The van der Waals surface area contributed by atoms with Crippen molar-refractivity contribution in [2.75, 3.05) is 39.8 Å². The van der Waals surface area contributed by atoms with Crippen molar-refractivity contribution in [3.8, 4) is 6.07 Å². The zero-order valence-electron chi connectivity index (χ0n) is 13.8. The Morgan fingerprint density at radius 1 is 1.52 bits per heavy atom. The standard InChI is InChI=1S/C15H28N4O2/c1-12-8-18(6-7-19(12)9-13(2)20)10-14(21)17(5)15(3,4)11-16/h12-13,20H,6-10H2,1-5H3.